The van der Waals surface area contributed by atoms with Crippen LogP contribution in [0.15, 0.2) is 43.0 Å². The van der Waals surface area contributed by atoms with Crippen LogP contribution in [0.3, 0.4) is 0 Å². The molecule has 88 valence electrons. The minimum Gasteiger partial charge on any atom is -0.445 e. The highest BCUT2D eigenvalue weighted by Crippen LogP contribution is 2.01. The Morgan fingerprint density at radius 2 is 2.24 bits per heavy atom. The van der Waals surface area contributed by atoms with Crippen molar-refractivity contribution in [3.05, 3.63) is 48.6 Å². The van der Waals surface area contributed by atoms with E-state index in [0.29, 0.717) is 0 Å². The molecule has 0 spiro atoms. The van der Waals surface area contributed by atoms with Gasteiger partial charge in [0.1, 0.15) is 6.61 Å². The summed E-state index contributed by atoms with van der Waals surface area (Å²) in [4.78, 5) is 11.4. The molecule has 4 nitrogen and oxygen atoms in total. The minimum absolute atomic E-state index is 0.184. The molecule has 1 atom stereocenters. The van der Waals surface area contributed by atoms with E-state index in [1.807, 2.05) is 36.4 Å². The number of rotatable bonds is 5. The molecule has 1 amide bonds. The number of benzene rings is 1. The Bertz CT molecular complexity index is 409. The second-order valence-corrected chi connectivity index (χ2v) is 3.41. The lowest BCUT2D eigenvalue weighted by Gasteiger charge is -2.11. The van der Waals surface area contributed by atoms with Crippen LogP contribution in [0.4, 0.5) is 4.79 Å². The molecule has 4 heteroatoms. The van der Waals surface area contributed by atoms with Crippen LogP contribution < -0.4 is 5.32 Å². The van der Waals surface area contributed by atoms with E-state index in [-0.39, 0.29) is 19.1 Å². The third-order valence-electron chi connectivity index (χ3n) is 2.11. The number of nitriles is 1. The van der Waals surface area contributed by atoms with Crippen LogP contribution >= 0.6 is 0 Å². The van der Waals surface area contributed by atoms with Gasteiger partial charge in [0.05, 0.1) is 18.5 Å². The Morgan fingerprint density at radius 3 is 2.82 bits per heavy atom. The van der Waals surface area contributed by atoms with Gasteiger partial charge in [-0.05, 0) is 5.56 Å². The smallest absolute Gasteiger partial charge is 0.407 e. The van der Waals surface area contributed by atoms with Crippen molar-refractivity contribution in [3.63, 3.8) is 0 Å². The monoisotopic (exact) mass is 230 g/mol. The minimum atomic E-state index is -0.547. The maximum Gasteiger partial charge on any atom is 0.407 e. The summed E-state index contributed by atoms with van der Waals surface area (Å²) in [6, 6.07) is 11.0. The van der Waals surface area contributed by atoms with Gasteiger partial charge in [0.25, 0.3) is 0 Å². The third-order valence-corrected chi connectivity index (χ3v) is 2.11. The number of carbonyl (C=O) groups is 1. The van der Waals surface area contributed by atoms with Crippen LogP contribution in [-0.2, 0) is 11.3 Å². The fourth-order valence-corrected chi connectivity index (χ4v) is 1.21. The molecule has 0 radical (unpaired) electrons. The van der Waals surface area contributed by atoms with Gasteiger partial charge in [-0.3, -0.25) is 0 Å². The molecule has 17 heavy (non-hydrogen) atoms. The maximum absolute atomic E-state index is 11.4. The fraction of sp³-hybridized carbons (Fsp3) is 0.231. The van der Waals surface area contributed by atoms with Crippen molar-refractivity contribution in [2.75, 3.05) is 0 Å². The largest absolute Gasteiger partial charge is 0.445 e. The van der Waals surface area contributed by atoms with Gasteiger partial charge in [-0.25, -0.2) is 4.79 Å². The van der Waals surface area contributed by atoms with E-state index in [1.54, 1.807) is 0 Å². The predicted molar refractivity (Wildman–Crippen MR) is 64.0 cm³/mol. The molecule has 0 saturated heterocycles. The highest BCUT2D eigenvalue weighted by Gasteiger charge is 2.08. The first-order valence-corrected chi connectivity index (χ1v) is 5.23. The predicted octanol–water partition coefficient (Wildman–Crippen LogP) is 2.38. The molecule has 0 aliphatic heterocycles. The molecule has 0 aromatic heterocycles. The van der Waals surface area contributed by atoms with Crippen molar-refractivity contribution in [1.29, 1.82) is 5.26 Å². The van der Waals surface area contributed by atoms with Crippen LogP contribution in [0.1, 0.15) is 12.0 Å². The van der Waals surface area contributed by atoms with Crippen molar-refractivity contribution in [1.82, 2.24) is 5.32 Å². The van der Waals surface area contributed by atoms with Crippen molar-refractivity contribution in [2.45, 2.75) is 19.1 Å². The number of hydrogen-bond acceptors (Lipinski definition) is 3. The number of alkyl carbamates (subject to hydrolysis) is 1. The van der Waals surface area contributed by atoms with E-state index in [9.17, 15) is 4.79 Å². The number of nitrogens with one attached hydrogen (secondary N) is 1. The Balaban J connectivity index is 2.35. The summed E-state index contributed by atoms with van der Waals surface area (Å²) in [6.45, 7) is 3.74. The van der Waals surface area contributed by atoms with Gasteiger partial charge < -0.3 is 10.1 Å². The maximum atomic E-state index is 11.4. The van der Waals surface area contributed by atoms with Crippen LogP contribution in [0, 0.1) is 11.3 Å². The standard InChI is InChI=1S/C13H14N2O2/c1-2-12(8-9-14)15-13(16)17-10-11-6-4-3-5-7-11/h2-7,12H,1,8,10H2,(H,15,16). The molecule has 0 saturated carbocycles. The zero-order chi connectivity index (χ0) is 12.5. The van der Waals surface area contributed by atoms with Gasteiger partial charge in [0.15, 0.2) is 0 Å². The average Bonchev–Trinajstić information content (AvgIpc) is 2.37. The van der Waals surface area contributed by atoms with E-state index in [2.05, 4.69) is 11.9 Å². The van der Waals surface area contributed by atoms with E-state index in [4.69, 9.17) is 10.00 Å². The normalized spacial score (nSPS) is 11.0. The van der Waals surface area contributed by atoms with Crippen molar-refractivity contribution in [2.24, 2.45) is 0 Å². The number of ether oxygens (including phenoxy) is 1. The van der Waals surface area contributed by atoms with Gasteiger partial charge >= 0.3 is 6.09 Å². The number of hydrogen-bond donors (Lipinski definition) is 1. The molecular weight excluding hydrogens is 216 g/mol. The average molecular weight is 230 g/mol. The summed E-state index contributed by atoms with van der Waals surface area (Å²) in [7, 11) is 0. The molecule has 1 aromatic rings. The summed E-state index contributed by atoms with van der Waals surface area (Å²) >= 11 is 0. The van der Waals surface area contributed by atoms with Gasteiger partial charge in [0.2, 0.25) is 0 Å². The highest BCUT2D eigenvalue weighted by molar-refractivity contribution is 5.67. The zero-order valence-electron chi connectivity index (χ0n) is 9.43. The molecule has 0 heterocycles. The fourth-order valence-electron chi connectivity index (χ4n) is 1.21. The van der Waals surface area contributed by atoms with Gasteiger partial charge in [-0.1, -0.05) is 36.4 Å². The molecule has 0 fully saturated rings. The number of nitrogens with zero attached hydrogens (tertiary/aromatic N) is 1. The van der Waals surface area contributed by atoms with Crippen molar-refractivity contribution in [3.8, 4) is 6.07 Å². The first-order chi connectivity index (χ1) is 8.26. The second kappa shape index (κ2) is 7.07. The Kier molecular flexibility index (Phi) is 5.32. The zero-order valence-corrected chi connectivity index (χ0v) is 9.43. The highest BCUT2D eigenvalue weighted by atomic mass is 16.5. The van der Waals surface area contributed by atoms with Crippen molar-refractivity contribution >= 4 is 6.09 Å². The second-order valence-electron chi connectivity index (χ2n) is 3.41. The molecule has 0 aliphatic carbocycles. The van der Waals surface area contributed by atoms with Crippen molar-refractivity contribution < 1.29 is 9.53 Å². The first-order valence-electron chi connectivity index (χ1n) is 5.23. The van der Waals surface area contributed by atoms with Crippen LogP contribution in [-0.4, -0.2) is 12.1 Å². The summed E-state index contributed by atoms with van der Waals surface area (Å²) in [6.07, 6.45) is 1.14. The summed E-state index contributed by atoms with van der Waals surface area (Å²) in [5.41, 5.74) is 0.915. The molecule has 1 unspecified atom stereocenters. The molecule has 0 aliphatic rings. The van der Waals surface area contributed by atoms with E-state index in [0.717, 1.165) is 5.56 Å². The van der Waals surface area contributed by atoms with E-state index in [1.165, 1.54) is 6.08 Å². The molecule has 1 aromatic carbocycles. The van der Waals surface area contributed by atoms with Crippen LogP contribution in [0.25, 0.3) is 0 Å². The Hall–Kier alpha value is -2.28. The quantitative estimate of drug-likeness (QED) is 0.790. The third kappa shape index (κ3) is 4.85. The molecule has 1 N–H and O–H groups in total. The summed E-state index contributed by atoms with van der Waals surface area (Å²) < 4.78 is 5.00. The topological polar surface area (TPSA) is 62.1 Å². The van der Waals surface area contributed by atoms with Gasteiger partial charge in [0, 0.05) is 0 Å². The lowest BCUT2D eigenvalue weighted by atomic mass is 10.2. The van der Waals surface area contributed by atoms with E-state index >= 15 is 0 Å². The van der Waals surface area contributed by atoms with Crippen LogP contribution in [0.5, 0.6) is 0 Å². The first kappa shape index (κ1) is 12.8. The van der Waals surface area contributed by atoms with Crippen LogP contribution in [0.2, 0.25) is 0 Å². The van der Waals surface area contributed by atoms with Gasteiger partial charge in [-0.15, -0.1) is 6.58 Å². The SMILES string of the molecule is C=CC(CC#N)NC(=O)OCc1ccccc1. The molecule has 0 bridgehead atoms. The molecule has 1 rings (SSSR count). The van der Waals surface area contributed by atoms with Gasteiger partial charge in [-0.2, -0.15) is 5.26 Å². The lowest BCUT2D eigenvalue weighted by Crippen LogP contribution is -2.33. The Morgan fingerprint density at radius 1 is 1.53 bits per heavy atom. The van der Waals surface area contributed by atoms with E-state index < -0.39 is 6.09 Å². The number of amides is 1. The Labute approximate surface area is 101 Å². The summed E-state index contributed by atoms with van der Waals surface area (Å²) in [5.74, 6) is 0. The number of carbonyl (C=O) groups excluding carboxylic acids is 1. The molecular formula is C13H14N2O2. The lowest BCUT2D eigenvalue weighted by molar-refractivity contribution is 0.137. The summed E-state index contributed by atoms with van der Waals surface area (Å²) in [5, 5.41) is 11.0.